The first-order chi connectivity index (χ1) is 7.56. The lowest BCUT2D eigenvalue weighted by atomic mass is 10.1. The summed E-state index contributed by atoms with van der Waals surface area (Å²) in [6.07, 6.45) is 3.82. The number of terminal acetylenes is 1. The van der Waals surface area contributed by atoms with E-state index in [1.165, 1.54) is 18.2 Å². The lowest BCUT2D eigenvalue weighted by molar-refractivity contribution is -0.149. The minimum absolute atomic E-state index is 0.101. The van der Waals surface area contributed by atoms with Gasteiger partial charge in [0.25, 0.3) is 0 Å². The van der Waals surface area contributed by atoms with E-state index in [0.29, 0.717) is 10.6 Å². The highest BCUT2D eigenvalue weighted by molar-refractivity contribution is 6.35. The summed E-state index contributed by atoms with van der Waals surface area (Å²) < 4.78 is 5.00. The number of halogens is 2. The van der Waals surface area contributed by atoms with Gasteiger partial charge in [-0.1, -0.05) is 35.2 Å². The lowest BCUT2D eigenvalue weighted by Gasteiger charge is -2.13. The molecule has 3 nitrogen and oxygen atoms in total. The van der Waals surface area contributed by atoms with Gasteiger partial charge in [0.15, 0.2) is 6.10 Å². The van der Waals surface area contributed by atoms with Crippen molar-refractivity contribution in [3.8, 4) is 12.3 Å². The fraction of sp³-hybridized carbons (Fsp3) is 0.182. The number of ether oxygens (including phenoxy) is 1. The van der Waals surface area contributed by atoms with Crippen molar-refractivity contribution in [2.75, 3.05) is 6.61 Å². The number of carboxylic acids is 1. The zero-order valence-corrected chi connectivity index (χ0v) is 9.63. The number of rotatable bonds is 4. The van der Waals surface area contributed by atoms with Crippen LogP contribution in [-0.2, 0) is 9.53 Å². The minimum Gasteiger partial charge on any atom is -0.479 e. The van der Waals surface area contributed by atoms with Gasteiger partial charge in [-0.05, 0) is 12.1 Å². The fourth-order valence-electron chi connectivity index (χ4n) is 1.14. The summed E-state index contributed by atoms with van der Waals surface area (Å²) in [7, 11) is 0. The van der Waals surface area contributed by atoms with Crippen LogP contribution < -0.4 is 0 Å². The summed E-state index contributed by atoms with van der Waals surface area (Å²) in [6.45, 7) is -0.101. The maximum Gasteiger partial charge on any atom is 0.337 e. The molecule has 1 aromatic carbocycles. The number of hydrogen-bond acceptors (Lipinski definition) is 2. The molecule has 0 fully saturated rings. The molecule has 0 aliphatic heterocycles. The van der Waals surface area contributed by atoms with Crippen LogP contribution in [0.25, 0.3) is 0 Å². The van der Waals surface area contributed by atoms with Crippen LogP contribution in [-0.4, -0.2) is 17.7 Å². The minimum atomic E-state index is -1.18. The standard InChI is InChI=1S/C11H8Cl2O3/c1-2-5-16-10(11(14)15)8-4-3-7(12)6-9(8)13/h1,3-4,6,10H,5H2,(H,14,15). The first-order valence-electron chi connectivity index (χ1n) is 4.29. The van der Waals surface area contributed by atoms with Gasteiger partial charge < -0.3 is 9.84 Å². The topological polar surface area (TPSA) is 46.5 Å². The Kier molecular flexibility index (Phi) is 4.63. The Labute approximate surface area is 103 Å². The summed E-state index contributed by atoms with van der Waals surface area (Å²) in [6, 6.07) is 4.49. The van der Waals surface area contributed by atoms with E-state index in [-0.39, 0.29) is 11.6 Å². The second kappa shape index (κ2) is 5.76. The van der Waals surface area contributed by atoms with Crippen LogP contribution in [0.4, 0.5) is 0 Å². The molecule has 0 bridgehead atoms. The summed E-state index contributed by atoms with van der Waals surface area (Å²) in [4.78, 5) is 11.0. The van der Waals surface area contributed by atoms with Gasteiger partial charge in [-0.2, -0.15) is 0 Å². The number of aliphatic carboxylic acids is 1. The van der Waals surface area contributed by atoms with Gasteiger partial charge >= 0.3 is 5.97 Å². The Balaban J connectivity index is 3.02. The van der Waals surface area contributed by atoms with Gasteiger partial charge in [0, 0.05) is 15.6 Å². The van der Waals surface area contributed by atoms with Crippen LogP contribution in [0.3, 0.4) is 0 Å². The summed E-state index contributed by atoms with van der Waals surface area (Å²) in [5.41, 5.74) is 0.328. The van der Waals surface area contributed by atoms with Crippen LogP contribution in [0.1, 0.15) is 11.7 Å². The van der Waals surface area contributed by atoms with E-state index in [9.17, 15) is 4.79 Å². The molecule has 0 aromatic heterocycles. The summed E-state index contributed by atoms with van der Waals surface area (Å²) in [5.74, 6) is 1.05. The predicted molar refractivity (Wildman–Crippen MR) is 61.6 cm³/mol. The smallest absolute Gasteiger partial charge is 0.337 e. The fourth-order valence-corrected chi connectivity index (χ4v) is 1.65. The Morgan fingerprint density at radius 2 is 2.25 bits per heavy atom. The number of benzene rings is 1. The quantitative estimate of drug-likeness (QED) is 0.845. The van der Waals surface area contributed by atoms with Gasteiger partial charge in [-0.15, -0.1) is 6.42 Å². The Morgan fingerprint density at radius 1 is 1.56 bits per heavy atom. The van der Waals surface area contributed by atoms with E-state index in [4.69, 9.17) is 39.5 Å². The molecule has 1 atom stereocenters. The second-order valence-corrected chi connectivity index (χ2v) is 3.74. The van der Waals surface area contributed by atoms with Crippen LogP contribution in [0.5, 0.6) is 0 Å². The Morgan fingerprint density at radius 3 is 2.75 bits per heavy atom. The van der Waals surface area contributed by atoms with Gasteiger partial charge in [0.05, 0.1) is 0 Å². The van der Waals surface area contributed by atoms with Crippen molar-refractivity contribution in [1.29, 1.82) is 0 Å². The molecule has 1 N–H and O–H groups in total. The zero-order valence-electron chi connectivity index (χ0n) is 8.11. The van der Waals surface area contributed by atoms with Crippen LogP contribution in [0.2, 0.25) is 10.0 Å². The molecule has 1 aromatic rings. The molecule has 0 radical (unpaired) electrons. The second-order valence-electron chi connectivity index (χ2n) is 2.90. The molecule has 0 saturated carbocycles. The van der Waals surface area contributed by atoms with E-state index in [1.807, 2.05) is 0 Å². The van der Waals surface area contributed by atoms with Crippen LogP contribution >= 0.6 is 23.2 Å². The Bertz CT molecular complexity index is 437. The van der Waals surface area contributed by atoms with E-state index in [2.05, 4.69) is 5.92 Å². The number of carboxylic acid groups (broad SMARTS) is 1. The lowest BCUT2D eigenvalue weighted by Crippen LogP contribution is -2.16. The largest absolute Gasteiger partial charge is 0.479 e. The van der Waals surface area contributed by atoms with Gasteiger partial charge in [-0.3, -0.25) is 0 Å². The molecule has 1 unspecified atom stereocenters. The SMILES string of the molecule is C#CCOC(C(=O)O)c1ccc(Cl)cc1Cl. The van der Waals surface area contributed by atoms with Crippen molar-refractivity contribution in [3.63, 3.8) is 0 Å². The molecule has 0 amide bonds. The molecule has 0 heterocycles. The van der Waals surface area contributed by atoms with Gasteiger partial charge in [0.1, 0.15) is 6.61 Å². The maximum absolute atomic E-state index is 11.0. The molecule has 16 heavy (non-hydrogen) atoms. The number of carbonyl (C=O) groups is 1. The van der Waals surface area contributed by atoms with Crippen molar-refractivity contribution in [2.24, 2.45) is 0 Å². The zero-order chi connectivity index (χ0) is 12.1. The van der Waals surface area contributed by atoms with Crippen molar-refractivity contribution < 1.29 is 14.6 Å². The third-order valence-corrected chi connectivity index (χ3v) is 2.37. The molecular formula is C11H8Cl2O3. The van der Waals surface area contributed by atoms with E-state index < -0.39 is 12.1 Å². The van der Waals surface area contributed by atoms with E-state index >= 15 is 0 Å². The first-order valence-corrected chi connectivity index (χ1v) is 5.04. The molecule has 1 rings (SSSR count). The monoisotopic (exact) mass is 258 g/mol. The molecule has 0 spiro atoms. The van der Waals surface area contributed by atoms with Gasteiger partial charge in [-0.25, -0.2) is 4.79 Å². The first kappa shape index (κ1) is 12.9. The van der Waals surface area contributed by atoms with E-state index in [1.54, 1.807) is 0 Å². The third-order valence-electron chi connectivity index (χ3n) is 1.80. The molecule has 0 aliphatic carbocycles. The van der Waals surface area contributed by atoms with Gasteiger partial charge in [0.2, 0.25) is 0 Å². The molecule has 84 valence electrons. The highest BCUT2D eigenvalue weighted by Crippen LogP contribution is 2.28. The average Bonchev–Trinajstić information content (AvgIpc) is 2.20. The summed E-state index contributed by atoms with van der Waals surface area (Å²) >= 11 is 11.6. The summed E-state index contributed by atoms with van der Waals surface area (Å²) in [5, 5.41) is 9.62. The Hall–Kier alpha value is -1.21. The average molecular weight is 259 g/mol. The number of hydrogen-bond donors (Lipinski definition) is 1. The highest BCUT2D eigenvalue weighted by atomic mass is 35.5. The maximum atomic E-state index is 11.0. The van der Waals surface area contributed by atoms with Crippen molar-refractivity contribution in [1.82, 2.24) is 0 Å². The molecule has 0 aliphatic rings. The molecular weight excluding hydrogens is 251 g/mol. The van der Waals surface area contributed by atoms with Crippen molar-refractivity contribution in [2.45, 2.75) is 6.10 Å². The van der Waals surface area contributed by atoms with E-state index in [0.717, 1.165) is 0 Å². The predicted octanol–water partition coefficient (Wildman–Crippen LogP) is 2.77. The molecule has 5 heteroatoms. The van der Waals surface area contributed by atoms with Crippen molar-refractivity contribution in [3.05, 3.63) is 33.8 Å². The highest BCUT2D eigenvalue weighted by Gasteiger charge is 2.22. The van der Waals surface area contributed by atoms with Crippen LogP contribution in [0.15, 0.2) is 18.2 Å². The van der Waals surface area contributed by atoms with Crippen LogP contribution in [0, 0.1) is 12.3 Å². The van der Waals surface area contributed by atoms with Crippen molar-refractivity contribution >= 4 is 29.2 Å². The molecule has 0 saturated heterocycles. The normalized spacial score (nSPS) is 11.8. The third kappa shape index (κ3) is 3.14.